The Balaban J connectivity index is 1.93. The van der Waals surface area contributed by atoms with Gasteiger partial charge in [0.25, 0.3) is 0 Å². The average Bonchev–Trinajstić information content (AvgIpc) is 3.08. The molecular weight excluding hydrogens is 314 g/mol. The zero-order chi connectivity index (χ0) is 17.1. The monoisotopic (exact) mass is 329 g/mol. The van der Waals surface area contributed by atoms with Crippen LogP contribution in [0.1, 0.15) is 0 Å². The van der Waals surface area contributed by atoms with Crippen molar-refractivity contribution in [1.82, 2.24) is 24.2 Å². The van der Waals surface area contributed by atoms with Crippen molar-refractivity contribution in [2.45, 2.75) is 0 Å². The molecule has 5 aromatic rings. The summed E-state index contributed by atoms with van der Waals surface area (Å²) in [5.74, 6) is 7.28. The predicted octanol–water partition coefficient (Wildman–Crippen LogP) is 2.43. The first-order valence-electron chi connectivity index (χ1n) is 7.88. The van der Waals surface area contributed by atoms with Gasteiger partial charge in [0, 0.05) is 7.05 Å². The maximum absolute atomic E-state index is 6.31. The number of anilines is 1. The van der Waals surface area contributed by atoms with Gasteiger partial charge in [0.15, 0.2) is 5.65 Å². The van der Waals surface area contributed by atoms with E-state index < -0.39 is 0 Å². The molecule has 2 aromatic carbocycles. The van der Waals surface area contributed by atoms with Crippen molar-refractivity contribution < 1.29 is 0 Å². The van der Waals surface area contributed by atoms with E-state index in [9.17, 15) is 0 Å². The minimum atomic E-state index is 0.392. The number of fused-ring (bicyclic) bond motifs is 3. The Labute approximate surface area is 142 Å². The van der Waals surface area contributed by atoms with Gasteiger partial charge in [-0.05, 0) is 24.3 Å². The third-order valence-corrected chi connectivity index (χ3v) is 4.54. The van der Waals surface area contributed by atoms with Crippen LogP contribution in [0.5, 0.6) is 0 Å². The molecule has 0 bridgehead atoms. The van der Waals surface area contributed by atoms with E-state index in [2.05, 4.69) is 4.98 Å². The standard InChI is InChI=1S/C18H15N7/c1-24-13-9-5-4-8-12(13)23-17(24)14-15-18(25(20)16(14)19)22-11-7-3-2-6-10(11)21-15/h2-9H,19-20H2,1H3. The van der Waals surface area contributed by atoms with Gasteiger partial charge in [-0.3, -0.25) is 0 Å². The second-order valence-corrected chi connectivity index (χ2v) is 6.00. The van der Waals surface area contributed by atoms with Gasteiger partial charge in [0.1, 0.15) is 17.2 Å². The van der Waals surface area contributed by atoms with E-state index in [1.807, 2.05) is 60.1 Å². The number of para-hydroxylation sites is 4. The Hall–Kier alpha value is -3.61. The molecule has 5 rings (SSSR count). The van der Waals surface area contributed by atoms with Gasteiger partial charge in [0.05, 0.1) is 27.6 Å². The molecule has 25 heavy (non-hydrogen) atoms. The molecule has 4 N–H and O–H groups in total. The van der Waals surface area contributed by atoms with Gasteiger partial charge in [-0.25, -0.2) is 19.6 Å². The molecule has 7 heteroatoms. The smallest absolute Gasteiger partial charge is 0.180 e. The van der Waals surface area contributed by atoms with E-state index in [0.29, 0.717) is 22.5 Å². The van der Waals surface area contributed by atoms with Gasteiger partial charge in [0.2, 0.25) is 0 Å². The lowest BCUT2D eigenvalue weighted by molar-refractivity contribution is 0.959. The Morgan fingerprint density at radius 3 is 2.20 bits per heavy atom. The number of hydrogen-bond acceptors (Lipinski definition) is 5. The minimum absolute atomic E-state index is 0.392. The molecule has 0 saturated carbocycles. The Bertz CT molecular complexity index is 1280. The number of nitrogens with zero attached hydrogens (tertiary/aromatic N) is 5. The number of rotatable bonds is 1. The first-order chi connectivity index (χ1) is 12.1. The molecule has 3 heterocycles. The van der Waals surface area contributed by atoms with Crippen molar-refractivity contribution in [2.75, 3.05) is 11.6 Å². The first-order valence-corrected chi connectivity index (χ1v) is 7.88. The molecular formula is C18H15N7. The second kappa shape index (κ2) is 4.70. The Morgan fingerprint density at radius 1 is 0.840 bits per heavy atom. The zero-order valence-electron chi connectivity index (χ0n) is 13.5. The number of imidazole rings is 1. The molecule has 122 valence electrons. The number of nitrogens with two attached hydrogens (primary N) is 2. The summed E-state index contributed by atoms with van der Waals surface area (Å²) in [5.41, 5.74) is 11.7. The van der Waals surface area contributed by atoms with Gasteiger partial charge < -0.3 is 16.1 Å². The molecule has 0 unspecified atom stereocenters. The predicted molar refractivity (Wildman–Crippen MR) is 99.3 cm³/mol. The first kappa shape index (κ1) is 13.8. The summed E-state index contributed by atoms with van der Waals surface area (Å²) in [7, 11) is 1.96. The van der Waals surface area contributed by atoms with Gasteiger partial charge >= 0.3 is 0 Å². The number of benzene rings is 2. The summed E-state index contributed by atoms with van der Waals surface area (Å²) in [5, 5.41) is 0. The van der Waals surface area contributed by atoms with Crippen molar-refractivity contribution >= 4 is 39.0 Å². The van der Waals surface area contributed by atoms with Gasteiger partial charge in [-0.15, -0.1) is 0 Å². The van der Waals surface area contributed by atoms with Crippen molar-refractivity contribution in [3.8, 4) is 11.4 Å². The Morgan fingerprint density at radius 2 is 1.48 bits per heavy atom. The van der Waals surface area contributed by atoms with Crippen LogP contribution in [0, 0.1) is 0 Å². The van der Waals surface area contributed by atoms with E-state index >= 15 is 0 Å². The number of aryl methyl sites for hydroxylation is 1. The molecule has 0 aliphatic heterocycles. The summed E-state index contributed by atoms with van der Waals surface area (Å²) in [6.07, 6.45) is 0. The van der Waals surface area contributed by atoms with Crippen molar-refractivity contribution in [3.05, 3.63) is 48.5 Å². The van der Waals surface area contributed by atoms with Crippen LogP contribution in [-0.2, 0) is 7.05 Å². The highest BCUT2D eigenvalue weighted by Gasteiger charge is 2.22. The maximum atomic E-state index is 6.31. The average molecular weight is 329 g/mol. The number of hydrogen-bond donors (Lipinski definition) is 2. The largest absolute Gasteiger partial charge is 0.383 e. The fraction of sp³-hybridized carbons (Fsp3) is 0.0556. The van der Waals surface area contributed by atoms with Crippen molar-refractivity contribution in [3.63, 3.8) is 0 Å². The van der Waals surface area contributed by atoms with Crippen LogP contribution in [-0.4, -0.2) is 24.2 Å². The Kier molecular flexibility index (Phi) is 2.59. The molecule has 0 fully saturated rings. The normalized spacial score (nSPS) is 11.7. The van der Waals surface area contributed by atoms with Crippen LogP contribution >= 0.6 is 0 Å². The van der Waals surface area contributed by atoms with E-state index in [4.69, 9.17) is 21.5 Å². The summed E-state index contributed by atoms with van der Waals surface area (Å²) in [6, 6.07) is 15.6. The van der Waals surface area contributed by atoms with Crippen molar-refractivity contribution in [2.24, 2.45) is 7.05 Å². The lowest BCUT2D eigenvalue weighted by Gasteiger charge is -2.02. The molecule has 0 aliphatic carbocycles. The van der Waals surface area contributed by atoms with Crippen molar-refractivity contribution in [1.29, 1.82) is 0 Å². The SMILES string of the molecule is Cn1c(-c2c(N)n(N)c3nc4ccccc4nc23)nc2ccccc21. The van der Waals surface area contributed by atoms with E-state index in [-0.39, 0.29) is 0 Å². The quantitative estimate of drug-likeness (QED) is 0.460. The lowest BCUT2D eigenvalue weighted by atomic mass is 10.2. The molecule has 3 aromatic heterocycles. The highest BCUT2D eigenvalue weighted by Crippen LogP contribution is 2.35. The van der Waals surface area contributed by atoms with Crippen LogP contribution in [0.4, 0.5) is 5.82 Å². The zero-order valence-corrected chi connectivity index (χ0v) is 13.5. The topological polar surface area (TPSA) is 101 Å². The highest BCUT2D eigenvalue weighted by atomic mass is 15.3. The van der Waals surface area contributed by atoms with Crippen LogP contribution in [0.15, 0.2) is 48.5 Å². The summed E-state index contributed by atoms with van der Waals surface area (Å²) in [4.78, 5) is 14.1. The third kappa shape index (κ3) is 1.77. The minimum Gasteiger partial charge on any atom is -0.383 e. The molecule has 0 radical (unpaired) electrons. The summed E-state index contributed by atoms with van der Waals surface area (Å²) in [6.45, 7) is 0. The maximum Gasteiger partial charge on any atom is 0.180 e. The van der Waals surface area contributed by atoms with Gasteiger partial charge in [-0.1, -0.05) is 24.3 Å². The van der Waals surface area contributed by atoms with Crippen LogP contribution in [0.2, 0.25) is 0 Å². The number of nitrogen functional groups attached to an aromatic ring is 2. The molecule has 0 amide bonds. The molecule has 0 aliphatic rings. The van der Waals surface area contributed by atoms with E-state index in [1.54, 1.807) is 0 Å². The third-order valence-electron chi connectivity index (χ3n) is 4.54. The summed E-state index contributed by atoms with van der Waals surface area (Å²) < 4.78 is 3.38. The summed E-state index contributed by atoms with van der Waals surface area (Å²) >= 11 is 0. The lowest BCUT2D eigenvalue weighted by Crippen LogP contribution is -2.12. The van der Waals surface area contributed by atoms with E-state index in [0.717, 1.165) is 27.9 Å². The van der Waals surface area contributed by atoms with Crippen LogP contribution in [0.25, 0.3) is 44.6 Å². The number of aromatic nitrogens is 5. The van der Waals surface area contributed by atoms with E-state index in [1.165, 1.54) is 4.68 Å². The molecule has 7 nitrogen and oxygen atoms in total. The fourth-order valence-electron chi connectivity index (χ4n) is 3.27. The molecule has 0 atom stereocenters. The fourth-order valence-corrected chi connectivity index (χ4v) is 3.27. The second-order valence-electron chi connectivity index (χ2n) is 6.00. The molecule has 0 spiro atoms. The highest BCUT2D eigenvalue weighted by molar-refractivity contribution is 6.01. The van der Waals surface area contributed by atoms with Crippen LogP contribution in [0.3, 0.4) is 0 Å². The van der Waals surface area contributed by atoms with Crippen LogP contribution < -0.4 is 11.6 Å². The molecule has 0 saturated heterocycles. The van der Waals surface area contributed by atoms with Gasteiger partial charge in [-0.2, -0.15) is 0 Å².